The number of esters is 1. The van der Waals surface area contributed by atoms with E-state index in [1.165, 1.54) is 0 Å². The number of piperazine rings is 1. The quantitative estimate of drug-likeness (QED) is 0.679. The zero-order valence-corrected chi connectivity index (χ0v) is 16.6. The molecule has 1 aliphatic rings. The van der Waals surface area contributed by atoms with Gasteiger partial charge in [-0.3, -0.25) is 4.79 Å². The molecule has 142 valence electrons. The Morgan fingerprint density at radius 1 is 1.00 bits per heavy atom. The molecule has 0 N–H and O–H groups in total. The topological polar surface area (TPSA) is 59.1 Å². The lowest BCUT2D eigenvalue weighted by molar-refractivity contribution is -0.134. The van der Waals surface area contributed by atoms with Gasteiger partial charge in [-0.1, -0.05) is 24.3 Å². The van der Waals surface area contributed by atoms with Crippen molar-refractivity contribution in [2.24, 2.45) is 0 Å². The van der Waals surface area contributed by atoms with Gasteiger partial charge in [0.25, 0.3) is 5.91 Å². The summed E-state index contributed by atoms with van der Waals surface area (Å²) in [5, 5.41) is 0. The van der Waals surface area contributed by atoms with Gasteiger partial charge >= 0.3 is 5.97 Å². The number of para-hydroxylation sites is 2. The molecule has 1 fully saturated rings. The Morgan fingerprint density at radius 3 is 2.37 bits per heavy atom. The van der Waals surface area contributed by atoms with Gasteiger partial charge in [-0.15, -0.1) is 0 Å². The molecule has 0 aromatic heterocycles. The predicted octanol–water partition coefficient (Wildman–Crippen LogP) is 2.96. The number of anilines is 1. The number of hydrogen-bond acceptors (Lipinski definition) is 5. The lowest BCUT2D eigenvalue weighted by atomic mass is 10.2. The maximum atomic E-state index is 12.4. The molecule has 0 radical (unpaired) electrons. The average Bonchev–Trinajstić information content (AvgIpc) is 2.72. The lowest BCUT2D eigenvalue weighted by Gasteiger charge is -2.36. The molecule has 1 amide bonds. The van der Waals surface area contributed by atoms with Crippen LogP contribution in [0.5, 0.6) is 5.75 Å². The predicted molar refractivity (Wildman–Crippen MR) is 106 cm³/mol. The van der Waals surface area contributed by atoms with Gasteiger partial charge in [-0.25, -0.2) is 4.79 Å². The van der Waals surface area contributed by atoms with Gasteiger partial charge in [-0.05, 0) is 40.2 Å². The van der Waals surface area contributed by atoms with Gasteiger partial charge in [0.2, 0.25) is 0 Å². The largest absolute Gasteiger partial charge is 0.495 e. The number of methoxy groups -OCH3 is 1. The monoisotopic (exact) mass is 432 g/mol. The molecule has 3 rings (SSSR count). The van der Waals surface area contributed by atoms with E-state index < -0.39 is 5.97 Å². The van der Waals surface area contributed by atoms with Crippen LogP contribution in [-0.2, 0) is 9.53 Å². The molecular formula is C20H21BrN2O4. The third-order valence-electron chi connectivity index (χ3n) is 4.48. The molecule has 1 aliphatic heterocycles. The highest BCUT2D eigenvalue weighted by Crippen LogP contribution is 2.28. The third kappa shape index (κ3) is 4.60. The molecule has 0 atom stereocenters. The molecule has 0 saturated carbocycles. The van der Waals surface area contributed by atoms with E-state index in [9.17, 15) is 9.59 Å². The van der Waals surface area contributed by atoms with Crippen molar-refractivity contribution < 1.29 is 19.1 Å². The van der Waals surface area contributed by atoms with Crippen molar-refractivity contribution in [2.45, 2.75) is 0 Å². The van der Waals surface area contributed by atoms with E-state index in [-0.39, 0.29) is 12.5 Å². The zero-order chi connectivity index (χ0) is 19.2. The summed E-state index contributed by atoms with van der Waals surface area (Å²) in [5.74, 6) is 0.123. The minimum atomic E-state index is -0.511. The van der Waals surface area contributed by atoms with Gasteiger partial charge in [0, 0.05) is 30.7 Å². The molecule has 0 unspecified atom stereocenters. The normalized spacial score (nSPS) is 14.0. The first-order valence-electron chi connectivity index (χ1n) is 8.67. The van der Waals surface area contributed by atoms with Gasteiger partial charge in [0.05, 0.1) is 18.4 Å². The Bertz CT molecular complexity index is 819. The van der Waals surface area contributed by atoms with E-state index in [1.54, 1.807) is 30.2 Å². The van der Waals surface area contributed by atoms with E-state index in [0.717, 1.165) is 11.4 Å². The molecule has 27 heavy (non-hydrogen) atoms. The van der Waals surface area contributed by atoms with E-state index in [2.05, 4.69) is 20.8 Å². The Morgan fingerprint density at radius 2 is 1.67 bits per heavy atom. The van der Waals surface area contributed by atoms with Crippen molar-refractivity contribution in [2.75, 3.05) is 44.8 Å². The molecule has 0 bridgehead atoms. The van der Waals surface area contributed by atoms with Gasteiger partial charge in [0.1, 0.15) is 5.75 Å². The van der Waals surface area contributed by atoms with Crippen LogP contribution in [0.3, 0.4) is 0 Å². The molecule has 1 saturated heterocycles. The van der Waals surface area contributed by atoms with Gasteiger partial charge < -0.3 is 19.3 Å². The van der Waals surface area contributed by atoms with Crippen LogP contribution in [0, 0.1) is 0 Å². The standard InChI is InChI=1S/C20H21BrN2O4/c1-26-18-9-5-4-8-17(18)22-10-12-23(13-11-22)19(24)14-27-20(25)15-6-2-3-7-16(15)21/h2-9H,10-14H2,1H3. The molecule has 7 heteroatoms. The van der Waals surface area contributed by atoms with Crippen LogP contribution in [0.15, 0.2) is 53.0 Å². The summed E-state index contributed by atoms with van der Waals surface area (Å²) >= 11 is 3.31. The number of amides is 1. The van der Waals surface area contributed by atoms with Crippen molar-refractivity contribution >= 4 is 33.5 Å². The third-order valence-corrected chi connectivity index (χ3v) is 5.17. The molecule has 0 spiro atoms. The van der Waals surface area contributed by atoms with Crippen molar-refractivity contribution in [1.82, 2.24) is 4.90 Å². The van der Waals surface area contributed by atoms with Gasteiger partial charge in [0.15, 0.2) is 6.61 Å². The lowest BCUT2D eigenvalue weighted by Crippen LogP contribution is -2.50. The van der Waals surface area contributed by atoms with Crippen molar-refractivity contribution in [3.05, 3.63) is 58.6 Å². The molecular weight excluding hydrogens is 412 g/mol. The zero-order valence-electron chi connectivity index (χ0n) is 15.1. The van der Waals surface area contributed by atoms with Crippen molar-refractivity contribution in [1.29, 1.82) is 0 Å². The number of halogens is 1. The van der Waals surface area contributed by atoms with E-state index in [1.807, 2.05) is 30.3 Å². The fraction of sp³-hybridized carbons (Fsp3) is 0.300. The van der Waals surface area contributed by atoms with Crippen LogP contribution >= 0.6 is 15.9 Å². The second kappa shape index (κ2) is 8.90. The first-order valence-corrected chi connectivity index (χ1v) is 9.47. The molecule has 1 heterocycles. The fourth-order valence-electron chi connectivity index (χ4n) is 3.01. The number of benzene rings is 2. The first-order chi connectivity index (χ1) is 13.1. The van der Waals surface area contributed by atoms with Crippen LogP contribution in [-0.4, -0.2) is 56.7 Å². The van der Waals surface area contributed by atoms with Crippen molar-refractivity contribution in [3.8, 4) is 5.75 Å². The van der Waals surface area contributed by atoms with E-state index >= 15 is 0 Å². The Labute approximate surface area is 166 Å². The van der Waals surface area contributed by atoms with Gasteiger partial charge in [-0.2, -0.15) is 0 Å². The van der Waals surface area contributed by atoms with Crippen LogP contribution < -0.4 is 9.64 Å². The number of ether oxygens (including phenoxy) is 2. The van der Waals surface area contributed by atoms with Crippen LogP contribution in [0.2, 0.25) is 0 Å². The minimum Gasteiger partial charge on any atom is -0.495 e. The SMILES string of the molecule is COc1ccccc1N1CCN(C(=O)COC(=O)c2ccccc2Br)CC1. The summed E-state index contributed by atoms with van der Waals surface area (Å²) in [4.78, 5) is 28.4. The molecule has 0 aliphatic carbocycles. The van der Waals surface area contributed by atoms with Crippen molar-refractivity contribution in [3.63, 3.8) is 0 Å². The van der Waals surface area contributed by atoms with Crippen LogP contribution in [0.1, 0.15) is 10.4 Å². The van der Waals surface area contributed by atoms with Crippen LogP contribution in [0.25, 0.3) is 0 Å². The second-order valence-corrected chi connectivity index (χ2v) is 6.95. The summed E-state index contributed by atoms with van der Waals surface area (Å²) in [7, 11) is 1.65. The first kappa shape index (κ1) is 19.2. The smallest absolute Gasteiger partial charge is 0.339 e. The molecule has 2 aromatic rings. The number of rotatable bonds is 5. The number of carbonyl (C=O) groups is 2. The summed E-state index contributed by atoms with van der Waals surface area (Å²) in [6, 6.07) is 14.8. The Kier molecular flexibility index (Phi) is 6.34. The van der Waals surface area contributed by atoms with E-state index in [0.29, 0.717) is 36.2 Å². The Balaban J connectivity index is 1.51. The number of hydrogen-bond donors (Lipinski definition) is 0. The number of nitrogens with zero attached hydrogens (tertiary/aromatic N) is 2. The summed E-state index contributed by atoms with van der Waals surface area (Å²) < 4.78 is 11.2. The summed E-state index contributed by atoms with van der Waals surface area (Å²) in [6.07, 6.45) is 0. The average molecular weight is 433 g/mol. The van der Waals surface area contributed by atoms with Crippen LogP contribution in [0.4, 0.5) is 5.69 Å². The minimum absolute atomic E-state index is 0.185. The molecule has 6 nitrogen and oxygen atoms in total. The maximum Gasteiger partial charge on any atom is 0.339 e. The second-order valence-electron chi connectivity index (χ2n) is 6.10. The van der Waals surface area contributed by atoms with E-state index in [4.69, 9.17) is 9.47 Å². The number of carbonyl (C=O) groups excluding carboxylic acids is 2. The highest BCUT2D eigenvalue weighted by Gasteiger charge is 2.24. The molecule has 2 aromatic carbocycles. The highest BCUT2D eigenvalue weighted by atomic mass is 79.9. The fourth-order valence-corrected chi connectivity index (χ4v) is 3.46. The summed E-state index contributed by atoms with van der Waals surface area (Å²) in [5.41, 5.74) is 1.43. The highest BCUT2D eigenvalue weighted by molar-refractivity contribution is 9.10. The summed E-state index contributed by atoms with van der Waals surface area (Å²) in [6.45, 7) is 2.29. The maximum absolute atomic E-state index is 12.4. The Hall–Kier alpha value is -2.54.